The number of ether oxygens (including phenoxy) is 2. The molecule has 4 aromatic carbocycles. The van der Waals surface area contributed by atoms with Crippen molar-refractivity contribution in [2.24, 2.45) is 0 Å². The molecule has 0 saturated heterocycles. The lowest BCUT2D eigenvalue weighted by Crippen LogP contribution is -2.15. The summed E-state index contributed by atoms with van der Waals surface area (Å²) < 4.78 is 10.2. The van der Waals surface area contributed by atoms with Crippen LogP contribution in [0.2, 0.25) is 5.02 Å². The highest BCUT2D eigenvalue weighted by Crippen LogP contribution is 2.37. The predicted molar refractivity (Wildman–Crippen MR) is 130 cm³/mol. The van der Waals surface area contributed by atoms with Gasteiger partial charge in [-0.3, -0.25) is 0 Å². The normalized spacial score (nSPS) is 11.1. The highest BCUT2D eigenvalue weighted by atomic mass is 35.5. The number of aromatic nitrogens is 1. The largest absolute Gasteiger partial charge is 0.465 e. The minimum absolute atomic E-state index is 0.0554. The van der Waals surface area contributed by atoms with E-state index >= 15 is 0 Å². The lowest BCUT2D eigenvalue weighted by atomic mass is 9.92. The number of fused-ring (bicyclic) bond motifs is 4. The van der Waals surface area contributed by atoms with Gasteiger partial charge in [0.1, 0.15) is 5.56 Å². The number of carbonyl (C=O) groups is 2. The van der Waals surface area contributed by atoms with E-state index in [9.17, 15) is 9.59 Å². The molecular formula is C27H18ClNO4. The Morgan fingerprint density at radius 3 is 2.06 bits per heavy atom. The van der Waals surface area contributed by atoms with Gasteiger partial charge in [0.15, 0.2) is 0 Å². The van der Waals surface area contributed by atoms with E-state index in [1.165, 1.54) is 14.2 Å². The van der Waals surface area contributed by atoms with Crippen LogP contribution in [0, 0.1) is 0 Å². The van der Waals surface area contributed by atoms with Gasteiger partial charge in [0.05, 0.1) is 31.0 Å². The number of hydrogen-bond donors (Lipinski definition) is 0. The van der Waals surface area contributed by atoms with Crippen LogP contribution >= 0.6 is 11.6 Å². The Kier molecular flexibility index (Phi) is 5.19. The Balaban J connectivity index is 1.99. The SMILES string of the molecule is COC(=O)c1c(-c2ccc(Cl)cc2)nc2ccc3cc4ccccc4cc3c2c1C(=O)OC. The number of hydrogen-bond acceptors (Lipinski definition) is 5. The Morgan fingerprint density at radius 1 is 0.758 bits per heavy atom. The lowest BCUT2D eigenvalue weighted by molar-refractivity contribution is 0.0557. The van der Waals surface area contributed by atoms with Gasteiger partial charge in [0.2, 0.25) is 0 Å². The molecule has 0 saturated carbocycles. The molecule has 0 radical (unpaired) electrons. The minimum atomic E-state index is -0.674. The maximum absolute atomic E-state index is 13.1. The molecule has 5 rings (SSSR count). The van der Waals surface area contributed by atoms with E-state index in [0.717, 1.165) is 21.5 Å². The number of benzene rings is 4. The molecular weight excluding hydrogens is 438 g/mol. The number of carbonyl (C=O) groups excluding carboxylic acids is 2. The van der Waals surface area contributed by atoms with Crippen molar-refractivity contribution in [3.05, 3.63) is 88.9 Å². The molecule has 0 aliphatic rings. The second kappa shape index (κ2) is 8.19. The van der Waals surface area contributed by atoms with E-state index < -0.39 is 11.9 Å². The van der Waals surface area contributed by atoms with Crippen LogP contribution in [0.4, 0.5) is 0 Å². The predicted octanol–water partition coefficient (Wildman–Crippen LogP) is 6.43. The summed E-state index contributed by atoms with van der Waals surface area (Å²) in [5, 5.41) is 4.89. The van der Waals surface area contributed by atoms with Crippen molar-refractivity contribution < 1.29 is 19.1 Å². The summed E-state index contributed by atoms with van der Waals surface area (Å²) in [6.07, 6.45) is 0. The molecule has 1 aromatic heterocycles. The fraction of sp³-hybridized carbons (Fsp3) is 0.0741. The number of nitrogens with zero attached hydrogens (tertiary/aromatic N) is 1. The van der Waals surface area contributed by atoms with Crippen molar-refractivity contribution in [1.82, 2.24) is 4.98 Å². The summed E-state index contributed by atoms with van der Waals surface area (Å²) in [5.41, 5.74) is 1.70. The average molecular weight is 456 g/mol. The zero-order valence-corrected chi connectivity index (χ0v) is 18.6. The first-order valence-electron chi connectivity index (χ1n) is 10.2. The standard InChI is InChI=1S/C27H18ClNO4/c1-32-26(30)23-22-20-14-17-6-4-3-5-16(17)13-18(20)9-12-21(22)29-25(24(23)27(31)33-2)15-7-10-19(28)11-8-15/h3-14H,1-2H3. The van der Waals surface area contributed by atoms with Gasteiger partial charge in [-0.05, 0) is 51.9 Å². The van der Waals surface area contributed by atoms with Crippen LogP contribution in [-0.4, -0.2) is 31.1 Å². The first-order valence-corrected chi connectivity index (χ1v) is 10.6. The zero-order valence-electron chi connectivity index (χ0n) is 17.9. The molecule has 0 aliphatic carbocycles. The second-order valence-corrected chi connectivity index (χ2v) is 8.02. The van der Waals surface area contributed by atoms with Crippen LogP contribution < -0.4 is 0 Å². The van der Waals surface area contributed by atoms with Crippen LogP contribution in [0.25, 0.3) is 43.7 Å². The molecule has 0 spiro atoms. The van der Waals surface area contributed by atoms with Crippen LogP contribution in [0.1, 0.15) is 20.7 Å². The Labute approximate surface area is 194 Å². The third-order valence-corrected chi connectivity index (χ3v) is 5.98. The molecule has 0 N–H and O–H groups in total. The van der Waals surface area contributed by atoms with Crippen LogP contribution in [0.3, 0.4) is 0 Å². The summed E-state index contributed by atoms with van der Waals surface area (Å²) in [5.74, 6) is -1.31. The van der Waals surface area contributed by atoms with Crippen molar-refractivity contribution >= 4 is 56.0 Å². The van der Waals surface area contributed by atoms with E-state index in [-0.39, 0.29) is 11.1 Å². The number of rotatable bonds is 3. The molecule has 1 heterocycles. The number of halogens is 1. The van der Waals surface area contributed by atoms with E-state index in [2.05, 4.69) is 6.07 Å². The van der Waals surface area contributed by atoms with E-state index in [1.807, 2.05) is 42.5 Å². The van der Waals surface area contributed by atoms with Crippen molar-refractivity contribution in [2.45, 2.75) is 0 Å². The van der Waals surface area contributed by atoms with Gasteiger partial charge in [-0.1, -0.05) is 54.1 Å². The second-order valence-electron chi connectivity index (χ2n) is 7.58. The van der Waals surface area contributed by atoms with Gasteiger partial charge < -0.3 is 9.47 Å². The lowest BCUT2D eigenvalue weighted by Gasteiger charge is -2.16. The van der Waals surface area contributed by atoms with Crippen LogP contribution in [0.15, 0.2) is 72.8 Å². The Bertz CT molecular complexity index is 1580. The molecule has 0 fully saturated rings. The van der Waals surface area contributed by atoms with E-state index in [0.29, 0.717) is 27.2 Å². The zero-order chi connectivity index (χ0) is 23.1. The molecule has 0 atom stereocenters. The Hall–Kier alpha value is -3.96. The topological polar surface area (TPSA) is 65.5 Å². The summed E-state index contributed by atoms with van der Waals surface area (Å²) in [7, 11) is 2.56. The smallest absolute Gasteiger partial charge is 0.340 e. The molecule has 0 aliphatic heterocycles. The van der Waals surface area contributed by atoms with Crippen molar-refractivity contribution in [2.75, 3.05) is 14.2 Å². The third-order valence-electron chi connectivity index (χ3n) is 5.73. The fourth-order valence-electron chi connectivity index (χ4n) is 4.20. The maximum atomic E-state index is 13.1. The number of esters is 2. The molecule has 5 nitrogen and oxygen atoms in total. The van der Waals surface area contributed by atoms with Crippen molar-refractivity contribution in [3.63, 3.8) is 0 Å². The average Bonchev–Trinajstić information content (AvgIpc) is 2.85. The molecule has 0 amide bonds. The van der Waals surface area contributed by atoms with Gasteiger partial charge in [0, 0.05) is 16.0 Å². The van der Waals surface area contributed by atoms with Crippen LogP contribution in [-0.2, 0) is 9.47 Å². The van der Waals surface area contributed by atoms with Gasteiger partial charge >= 0.3 is 11.9 Å². The van der Waals surface area contributed by atoms with Crippen molar-refractivity contribution in [3.8, 4) is 11.3 Å². The highest BCUT2D eigenvalue weighted by molar-refractivity contribution is 6.30. The summed E-state index contributed by atoms with van der Waals surface area (Å²) in [6.45, 7) is 0. The quantitative estimate of drug-likeness (QED) is 0.178. The van der Waals surface area contributed by atoms with Crippen LogP contribution in [0.5, 0.6) is 0 Å². The summed E-state index contributed by atoms with van der Waals surface area (Å²) in [6, 6.07) is 22.7. The molecule has 6 heteroatoms. The van der Waals surface area contributed by atoms with E-state index in [1.54, 1.807) is 24.3 Å². The third kappa shape index (κ3) is 3.47. The first kappa shape index (κ1) is 20.9. The first-order chi connectivity index (χ1) is 16.0. The fourth-order valence-corrected chi connectivity index (χ4v) is 4.33. The maximum Gasteiger partial charge on any atom is 0.340 e. The molecule has 162 valence electrons. The minimum Gasteiger partial charge on any atom is -0.465 e. The van der Waals surface area contributed by atoms with E-state index in [4.69, 9.17) is 26.1 Å². The highest BCUT2D eigenvalue weighted by Gasteiger charge is 2.28. The molecule has 33 heavy (non-hydrogen) atoms. The summed E-state index contributed by atoms with van der Waals surface area (Å²) in [4.78, 5) is 30.9. The molecule has 0 unspecified atom stereocenters. The molecule has 0 bridgehead atoms. The van der Waals surface area contributed by atoms with Gasteiger partial charge in [-0.2, -0.15) is 0 Å². The van der Waals surface area contributed by atoms with Crippen molar-refractivity contribution in [1.29, 1.82) is 0 Å². The van der Waals surface area contributed by atoms with Gasteiger partial charge in [-0.25, -0.2) is 14.6 Å². The molecule has 5 aromatic rings. The monoisotopic (exact) mass is 455 g/mol. The van der Waals surface area contributed by atoms with Gasteiger partial charge in [0.25, 0.3) is 0 Å². The number of methoxy groups -OCH3 is 2. The Morgan fingerprint density at radius 2 is 1.39 bits per heavy atom. The number of pyridine rings is 1. The summed E-state index contributed by atoms with van der Waals surface area (Å²) >= 11 is 6.05. The van der Waals surface area contributed by atoms with Gasteiger partial charge in [-0.15, -0.1) is 0 Å².